The van der Waals surface area contributed by atoms with Crippen molar-refractivity contribution in [2.75, 3.05) is 26.9 Å². The minimum atomic E-state index is -0.944. The standard InChI is InChI=1S/C22H23NO5/c1-3-12-27-21(24)20(14-26-2)23-22(25)28-13-19-17-10-6-4-8-15(17)16-9-5-7-11-18(16)19/h3-11,19-20H,1,12-14H2,2H3,(H,23,25). The minimum absolute atomic E-state index is 0.0137. The predicted octanol–water partition coefficient (Wildman–Crippen LogP) is 3.27. The van der Waals surface area contributed by atoms with Crippen LogP contribution in [0.4, 0.5) is 4.79 Å². The van der Waals surface area contributed by atoms with Crippen molar-refractivity contribution >= 4 is 12.1 Å². The van der Waals surface area contributed by atoms with Crippen molar-refractivity contribution in [2.24, 2.45) is 0 Å². The maximum atomic E-state index is 12.3. The Labute approximate surface area is 164 Å². The normalized spacial score (nSPS) is 13.2. The molecule has 146 valence electrons. The van der Waals surface area contributed by atoms with Gasteiger partial charge in [-0.1, -0.05) is 61.2 Å². The van der Waals surface area contributed by atoms with Crippen molar-refractivity contribution in [2.45, 2.75) is 12.0 Å². The Morgan fingerprint density at radius 1 is 1.07 bits per heavy atom. The molecule has 1 N–H and O–H groups in total. The van der Waals surface area contributed by atoms with Crippen molar-refractivity contribution in [1.82, 2.24) is 5.32 Å². The smallest absolute Gasteiger partial charge is 0.407 e. The Morgan fingerprint density at radius 2 is 1.68 bits per heavy atom. The van der Waals surface area contributed by atoms with Gasteiger partial charge < -0.3 is 19.5 Å². The quantitative estimate of drug-likeness (QED) is 0.561. The number of ether oxygens (including phenoxy) is 3. The molecule has 3 rings (SSSR count). The lowest BCUT2D eigenvalue weighted by atomic mass is 9.98. The highest BCUT2D eigenvalue weighted by Crippen LogP contribution is 2.44. The summed E-state index contributed by atoms with van der Waals surface area (Å²) in [6.45, 7) is 3.70. The molecule has 0 spiro atoms. The zero-order chi connectivity index (χ0) is 19.9. The van der Waals surface area contributed by atoms with Crippen LogP contribution < -0.4 is 5.32 Å². The second-order valence-corrected chi connectivity index (χ2v) is 6.40. The summed E-state index contributed by atoms with van der Waals surface area (Å²) in [5.74, 6) is -0.651. The third-order valence-corrected chi connectivity index (χ3v) is 4.60. The van der Waals surface area contributed by atoms with E-state index in [2.05, 4.69) is 24.0 Å². The SMILES string of the molecule is C=CCOC(=O)C(COC)NC(=O)OCC1c2ccccc2-c2ccccc21. The molecule has 0 saturated carbocycles. The highest BCUT2D eigenvalue weighted by atomic mass is 16.6. The molecule has 0 bridgehead atoms. The van der Waals surface area contributed by atoms with Gasteiger partial charge in [0.15, 0.2) is 6.04 Å². The molecule has 1 unspecified atom stereocenters. The first-order valence-corrected chi connectivity index (χ1v) is 9.03. The number of methoxy groups -OCH3 is 1. The van der Waals surface area contributed by atoms with Gasteiger partial charge in [0.1, 0.15) is 13.2 Å². The molecule has 0 heterocycles. The van der Waals surface area contributed by atoms with Gasteiger partial charge in [0.2, 0.25) is 0 Å². The number of benzene rings is 2. The first-order chi connectivity index (χ1) is 13.7. The highest BCUT2D eigenvalue weighted by molar-refractivity contribution is 5.82. The van der Waals surface area contributed by atoms with Gasteiger partial charge in [-0.25, -0.2) is 9.59 Å². The average molecular weight is 381 g/mol. The number of carbonyl (C=O) groups is 2. The summed E-state index contributed by atoms with van der Waals surface area (Å²) >= 11 is 0. The van der Waals surface area contributed by atoms with Gasteiger partial charge in [-0.2, -0.15) is 0 Å². The number of carbonyl (C=O) groups excluding carboxylic acids is 2. The summed E-state index contributed by atoms with van der Waals surface area (Å²) in [5.41, 5.74) is 4.54. The Balaban J connectivity index is 1.65. The van der Waals surface area contributed by atoms with Crippen molar-refractivity contribution in [3.05, 3.63) is 72.3 Å². The maximum absolute atomic E-state index is 12.3. The van der Waals surface area contributed by atoms with Crippen LogP contribution in [-0.2, 0) is 19.0 Å². The molecule has 28 heavy (non-hydrogen) atoms. The lowest BCUT2D eigenvalue weighted by Crippen LogP contribution is -2.45. The Bertz CT molecular complexity index is 818. The van der Waals surface area contributed by atoms with Crippen molar-refractivity contribution in [3.63, 3.8) is 0 Å². The molecule has 6 heteroatoms. The first-order valence-electron chi connectivity index (χ1n) is 9.03. The number of nitrogens with one attached hydrogen (secondary N) is 1. The predicted molar refractivity (Wildman–Crippen MR) is 105 cm³/mol. The van der Waals surface area contributed by atoms with Gasteiger partial charge in [0.25, 0.3) is 0 Å². The molecule has 0 aliphatic heterocycles. The second kappa shape index (κ2) is 9.19. The fourth-order valence-corrected chi connectivity index (χ4v) is 3.36. The van der Waals surface area contributed by atoms with E-state index in [9.17, 15) is 9.59 Å². The molecule has 0 saturated heterocycles. The van der Waals surface area contributed by atoms with Crippen LogP contribution in [0.15, 0.2) is 61.2 Å². The van der Waals surface area contributed by atoms with Crippen molar-refractivity contribution in [1.29, 1.82) is 0 Å². The Kier molecular flexibility index (Phi) is 6.45. The van der Waals surface area contributed by atoms with Crippen LogP contribution in [0.1, 0.15) is 17.0 Å². The summed E-state index contributed by atoms with van der Waals surface area (Å²) < 4.78 is 15.4. The van der Waals surface area contributed by atoms with Gasteiger partial charge in [-0.3, -0.25) is 0 Å². The Morgan fingerprint density at radius 3 is 2.25 bits per heavy atom. The molecule has 1 aliphatic carbocycles. The maximum Gasteiger partial charge on any atom is 0.407 e. The van der Waals surface area contributed by atoms with E-state index in [1.165, 1.54) is 13.2 Å². The van der Waals surface area contributed by atoms with Crippen LogP contribution in [-0.4, -0.2) is 45.0 Å². The molecule has 0 fully saturated rings. The van der Waals surface area contributed by atoms with Crippen molar-refractivity contribution in [3.8, 4) is 11.1 Å². The number of esters is 1. The lowest BCUT2D eigenvalue weighted by molar-refractivity contribution is -0.146. The van der Waals surface area contributed by atoms with Gasteiger partial charge in [0, 0.05) is 13.0 Å². The molecule has 1 aliphatic rings. The van der Waals surface area contributed by atoms with Gasteiger partial charge in [-0.05, 0) is 22.3 Å². The monoisotopic (exact) mass is 381 g/mol. The van der Waals surface area contributed by atoms with Crippen LogP contribution in [0, 0.1) is 0 Å². The third kappa shape index (κ3) is 4.23. The van der Waals surface area contributed by atoms with Crippen LogP contribution in [0.5, 0.6) is 0 Å². The van der Waals surface area contributed by atoms with Crippen LogP contribution in [0.3, 0.4) is 0 Å². The largest absolute Gasteiger partial charge is 0.460 e. The molecule has 1 amide bonds. The highest BCUT2D eigenvalue weighted by Gasteiger charge is 2.30. The number of rotatable bonds is 8. The molecule has 0 radical (unpaired) electrons. The van der Waals surface area contributed by atoms with E-state index >= 15 is 0 Å². The number of hydrogen-bond donors (Lipinski definition) is 1. The topological polar surface area (TPSA) is 73.9 Å². The third-order valence-electron chi connectivity index (χ3n) is 4.60. The fraction of sp³-hybridized carbons (Fsp3) is 0.273. The summed E-state index contributed by atoms with van der Waals surface area (Å²) in [6, 6.07) is 15.2. The lowest BCUT2D eigenvalue weighted by Gasteiger charge is -2.18. The van der Waals surface area contributed by atoms with E-state index in [1.807, 2.05) is 36.4 Å². The second-order valence-electron chi connectivity index (χ2n) is 6.40. The summed E-state index contributed by atoms with van der Waals surface area (Å²) in [4.78, 5) is 24.3. The van der Waals surface area contributed by atoms with E-state index in [0.717, 1.165) is 22.3 Å². The Hall–Kier alpha value is -3.12. The molecular formula is C22H23NO5. The van der Waals surface area contributed by atoms with E-state index in [-0.39, 0.29) is 25.7 Å². The summed E-state index contributed by atoms with van der Waals surface area (Å²) in [6.07, 6.45) is 0.759. The number of fused-ring (bicyclic) bond motifs is 3. The van der Waals surface area contributed by atoms with E-state index in [4.69, 9.17) is 14.2 Å². The fourth-order valence-electron chi connectivity index (χ4n) is 3.36. The number of amides is 1. The van der Waals surface area contributed by atoms with Crippen molar-refractivity contribution < 1.29 is 23.8 Å². The van der Waals surface area contributed by atoms with E-state index in [1.54, 1.807) is 0 Å². The molecule has 1 atom stereocenters. The van der Waals surface area contributed by atoms with E-state index < -0.39 is 18.1 Å². The molecule has 2 aromatic carbocycles. The molecule has 2 aromatic rings. The zero-order valence-corrected chi connectivity index (χ0v) is 15.7. The molecule has 6 nitrogen and oxygen atoms in total. The van der Waals surface area contributed by atoms with Gasteiger partial charge >= 0.3 is 12.1 Å². The number of hydrogen-bond acceptors (Lipinski definition) is 5. The zero-order valence-electron chi connectivity index (χ0n) is 15.7. The van der Waals surface area contributed by atoms with Crippen LogP contribution >= 0.6 is 0 Å². The molecule has 0 aromatic heterocycles. The van der Waals surface area contributed by atoms with E-state index in [0.29, 0.717) is 0 Å². The summed E-state index contributed by atoms with van der Waals surface area (Å²) in [7, 11) is 1.44. The number of alkyl carbamates (subject to hydrolysis) is 1. The van der Waals surface area contributed by atoms with Crippen LogP contribution in [0.2, 0.25) is 0 Å². The van der Waals surface area contributed by atoms with Gasteiger partial charge in [0.05, 0.1) is 6.61 Å². The van der Waals surface area contributed by atoms with Gasteiger partial charge in [-0.15, -0.1) is 0 Å². The molecular weight excluding hydrogens is 358 g/mol. The average Bonchev–Trinajstić information content (AvgIpc) is 3.04. The minimum Gasteiger partial charge on any atom is -0.460 e. The van der Waals surface area contributed by atoms with Crippen LogP contribution in [0.25, 0.3) is 11.1 Å². The summed E-state index contributed by atoms with van der Waals surface area (Å²) in [5, 5.41) is 2.50. The first kappa shape index (κ1) is 19.6.